The van der Waals surface area contributed by atoms with Crippen LogP contribution < -0.4 is 0 Å². The minimum Gasteiger partial charge on any atom is -0.378 e. The maximum atomic E-state index is 12.0. The highest BCUT2D eigenvalue weighted by atomic mass is 32.2. The number of ether oxygens (including phenoxy) is 2. The van der Waals surface area contributed by atoms with Crippen LogP contribution in [-0.2, 0) is 19.3 Å². The first-order valence-electron chi connectivity index (χ1n) is 6.38. The molecule has 0 unspecified atom stereocenters. The van der Waals surface area contributed by atoms with Crippen LogP contribution in [0.4, 0.5) is 0 Å². The van der Waals surface area contributed by atoms with E-state index in [-0.39, 0.29) is 23.4 Å². The molecule has 1 aromatic rings. The van der Waals surface area contributed by atoms with E-state index in [1.54, 1.807) is 0 Å². The second kappa shape index (κ2) is 8.00. The Labute approximate surface area is 120 Å². The number of benzene rings is 1. The third-order valence-electron chi connectivity index (χ3n) is 2.52. The van der Waals surface area contributed by atoms with Crippen LogP contribution in [0.3, 0.4) is 0 Å². The van der Waals surface area contributed by atoms with E-state index in [0.717, 1.165) is 0 Å². The predicted molar refractivity (Wildman–Crippen MR) is 75.1 cm³/mol. The lowest BCUT2D eigenvalue weighted by Gasteiger charge is -2.08. The Hall–Kier alpha value is -1.42. The molecule has 0 N–H and O–H groups in total. The van der Waals surface area contributed by atoms with Gasteiger partial charge in [-0.2, -0.15) is 5.26 Å². The van der Waals surface area contributed by atoms with Crippen molar-refractivity contribution in [3.63, 3.8) is 0 Å². The first-order chi connectivity index (χ1) is 9.45. The smallest absolute Gasteiger partial charge is 0.180 e. The van der Waals surface area contributed by atoms with E-state index in [1.807, 2.05) is 19.9 Å². The summed E-state index contributed by atoms with van der Waals surface area (Å²) < 4.78 is 34.5. The Morgan fingerprint density at radius 2 is 1.80 bits per heavy atom. The third kappa shape index (κ3) is 5.70. The van der Waals surface area contributed by atoms with Crippen molar-refractivity contribution in [1.82, 2.24) is 0 Å². The fourth-order valence-corrected chi connectivity index (χ4v) is 2.59. The monoisotopic (exact) mass is 297 g/mol. The molecule has 0 spiro atoms. The van der Waals surface area contributed by atoms with Crippen LogP contribution in [0.2, 0.25) is 0 Å². The van der Waals surface area contributed by atoms with Crippen LogP contribution in [0.5, 0.6) is 0 Å². The van der Waals surface area contributed by atoms with Crippen LogP contribution >= 0.6 is 0 Å². The molecule has 1 aromatic carbocycles. The summed E-state index contributed by atoms with van der Waals surface area (Å²) >= 11 is 0. The van der Waals surface area contributed by atoms with Crippen LogP contribution in [0.15, 0.2) is 29.2 Å². The molecular weight excluding hydrogens is 278 g/mol. The van der Waals surface area contributed by atoms with Gasteiger partial charge in [-0.15, -0.1) is 0 Å². The van der Waals surface area contributed by atoms with Gasteiger partial charge < -0.3 is 9.47 Å². The minimum absolute atomic E-state index is 0.0828. The van der Waals surface area contributed by atoms with Crippen molar-refractivity contribution in [1.29, 1.82) is 5.26 Å². The first-order valence-corrected chi connectivity index (χ1v) is 8.03. The maximum Gasteiger partial charge on any atom is 0.180 e. The highest BCUT2D eigenvalue weighted by Gasteiger charge is 2.13. The summed E-state index contributed by atoms with van der Waals surface area (Å²) in [6.07, 6.45) is 0.140. The highest BCUT2D eigenvalue weighted by Crippen LogP contribution is 2.12. The van der Waals surface area contributed by atoms with Crippen molar-refractivity contribution < 1.29 is 17.9 Å². The topological polar surface area (TPSA) is 76.4 Å². The van der Waals surface area contributed by atoms with Gasteiger partial charge in [-0.05, 0) is 38.1 Å². The molecule has 0 radical (unpaired) electrons. The average Bonchev–Trinajstić information content (AvgIpc) is 2.42. The van der Waals surface area contributed by atoms with Crippen molar-refractivity contribution in [2.45, 2.75) is 24.8 Å². The Morgan fingerprint density at radius 3 is 2.35 bits per heavy atom. The molecule has 20 heavy (non-hydrogen) atoms. The summed E-state index contributed by atoms with van der Waals surface area (Å²) in [5.41, 5.74) is 0.436. The maximum absolute atomic E-state index is 12.0. The summed E-state index contributed by atoms with van der Waals surface area (Å²) in [5.74, 6) is -0.0828. The first kappa shape index (κ1) is 16.6. The van der Waals surface area contributed by atoms with Gasteiger partial charge in [0, 0.05) is 0 Å². The van der Waals surface area contributed by atoms with Gasteiger partial charge in [-0.25, -0.2) is 8.42 Å². The molecular formula is C14H19NO4S. The number of nitriles is 1. The van der Waals surface area contributed by atoms with Crippen molar-refractivity contribution in [2.75, 3.05) is 25.6 Å². The van der Waals surface area contributed by atoms with E-state index >= 15 is 0 Å². The van der Waals surface area contributed by atoms with E-state index in [9.17, 15) is 8.42 Å². The van der Waals surface area contributed by atoms with Crippen LogP contribution in [0.1, 0.15) is 19.4 Å². The molecule has 0 fully saturated rings. The Morgan fingerprint density at radius 1 is 1.15 bits per heavy atom. The molecule has 5 nitrogen and oxygen atoms in total. The van der Waals surface area contributed by atoms with Crippen molar-refractivity contribution in [3.05, 3.63) is 29.8 Å². The van der Waals surface area contributed by atoms with E-state index in [2.05, 4.69) is 0 Å². The number of sulfone groups is 1. The number of hydrogen-bond donors (Lipinski definition) is 0. The molecule has 0 atom stereocenters. The zero-order valence-electron chi connectivity index (χ0n) is 11.7. The molecule has 0 aliphatic carbocycles. The van der Waals surface area contributed by atoms with Gasteiger partial charge in [0.1, 0.15) is 0 Å². The van der Waals surface area contributed by atoms with Gasteiger partial charge in [0.15, 0.2) is 9.84 Å². The van der Waals surface area contributed by atoms with Crippen molar-refractivity contribution in [3.8, 4) is 6.07 Å². The number of hydrogen-bond acceptors (Lipinski definition) is 5. The molecule has 0 aromatic heterocycles. The van der Waals surface area contributed by atoms with Gasteiger partial charge in [-0.1, -0.05) is 0 Å². The van der Waals surface area contributed by atoms with Gasteiger partial charge in [0.25, 0.3) is 0 Å². The highest BCUT2D eigenvalue weighted by molar-refractivity contribution is 7.91. The Bertz CT molecular complexity index is 544. The molecule has 0 saturated carbocycles. The lowest BCUT2D eigenvalue weighted by molar-refractivity contribution is 0.0235. The molecule has 0 aliphatic heterocycles. The summed E-state index contributed by atoms with van der Waals surface area (Å²) in [6.45, 7) is 4.81. The molecule has 0 saturated heterocycles. The normalized spacial score (nSPS) is 11.5. The summed E-state index contributed by atoms with van der Waals surface area (Å²) in [4.78, 5) is 0.207. The molecule has 1 rings (SSSR count). The Kier molecular flexibility index (Phi) is 6.65. The lowest BCUT2D eigenvalue weighted by atomic mass is 10.2. The van der Waals surface area contributed by atoms with E-state index in [0.29, 0.717) is 18.8 Å². The minimum atomic E-state index is -3.36. The van der Waals surface area contributed by atoms with Crippen molar-refractivity contribution >= 4 is 9.84 Å². The van der Waals surface area contributed by atoms with E-state index < -0.39 is 9.84 Å². The third-order valence-corrected chi connectivity index (χ3v) is 4.21. The van der Waals surface area contributed by atoms with Gasteiger partial charge in [0.2, 0.25) is 0 Å². The predicted octanol–water partition coefficient (Wildman–Crippen LogP) is 1.77. The van der Waals surface area contributed by atoms with Crippen LogP contribution in [-0.4, -0.2) is 40.1 Å². The summed E-state index contributed by atoms with van der Waals surface area (Å²) in [6, 6.07) is 7.81. The summed E-state index contributed by atoms with van der Waals surface area (Å²) in [5, 5.41) is 8.66. The standard InChI is InChI=1S/C14H19NO4S/c1-12(2)19-8-7-18-9-10-20(16,17)14-5-3-13(11-15)4-6-14/h3-6,12H,7-10H2,1-2H3. The number of nitrogens with zero attached hydrogens (tertiary/aromatic N) is 1. The zero-order valence-corrected chi connectivity index (χ0v) is 12.5. The molecule has 0 bridgehead atoms. The molecule has 0 aliphatic rings. The van der Waals surface area contributed by atoms with Gasteiger partial charge in [0.05, 0.1) is 48.2 Å². The molecule has 110 valence electrons. The largest absolute Gasteiger partial charge is 0.378 e. The fourth-order valence-electron chi connectivity index (χ4n) is 1.47. The lowest BCUT2D eigenvalue weighted by Crippen LogP contribution is -2.15. The summed E-state index contributed by atoms with van der Waals surface area (Å²) in [7, 11) is -3.36. The fraction of sp³-hybridized carbons (Fsp3) is 0.500. The van der Waals surface area contributed by atoms with E-state index in [1.165, 1.54) is 24.3 Å². The van der Waals surface area contributed by atoms with Crippen LogP contribution in [0.25, 0.3) is 0 Å². The SMILES string of the molecule is CC(C)OCCOCCS(=O)(=O)c1ccc(C#N)cc1. The molecule has 6 heteroatoms. The number of rotatable bonds is 8. The quantitative estimate of drug-likeness (QED) is 0.683. The van der Waals surface area contributed by atoms with Gasteiger partial charge in [-0.3, -0.25) is 0 Å². The Balaban J connectivity index is 2.40. The molecule has 0 amide bonds. The second-order valence-corrected chi connectivity index (χ2v) is 6.60. The van der Waals surface area contributed by atoms with Crippen LogP contribution in [0, 0.1) is 11.3 Å². The zero-order chi connectivity index (χ0) is 15.0. The average molecular weight is 297 g/mol. The van der Waals surface area contributed by atoms with E-state index in [4.69, 9.17) is 14.7 Å². The molecule has 0 heterocycles. The second-order valence-electron chi connectivity index (χ2n) is 4.49. The van der Waals surface area contributed by atoms with Crippen molar-refractivity contribution in [2.24, 2.45) is 0 Å². The van der Waals surface area contributed by atoms with Gasteiger partial charge >= 0.3 is 0 Å².